The molecule has 0 bridgehead atoms. The van der Waals surface area contributed by atoms with E-state index in [0.717, 1.165) is 22.9 Å². The predicted molar refractivity (Wildman–Crippen MR) is 118 cm³/mol. The molecule has 7 heteroatoms. The van der Waals surface area contributed by atoms with Crippen LogP contribution < -0.4 is 5.32 Å². The summed E-state index contributed by atoms with van der Waals surface area (Å²) in [5.41, 5.74) is 1.74. The second-order valence-corrected chi connectivity index (χ2v) is 9.37. The van der Waals surface area contributed by atoms with Gasteiger partial charge in [0, 0.05) is 38.3 Å². The summed E-state index contributed by atoms with van der Waals surface area (Å²) in [5.74, 6) is -0.0613. The first-order valence-electron chi connectivity index (χ1n) is 10.0. The van der Waals surface area contributed by atoms with Crippen LogP contribution in [-0.4, -0.2) is 56.8 Å². The van der Waals surface area contributed by atoms with Crippen LogP contribution in [0.5, 0.6) is 0 Å². The van der Waals surface area contributed by atoms with Gasteiger partial charge in [0.15, 0.2) is 0 Å². The van der Waals surface area contributed by atoms with Crippen molar-refractivity contribution in [2.75, 3.05) is 33.2 Å². The lowest BCUT2D eigenvalue weighted by Gasteiger charge is -2.34. The molecule has 1 amide bonds. The van der Waals surface area contributed by atoms with E-state index in [1.54, 1.807) is 17.0 Å². The zero-order valence-corrected chi connectivity index (χ0v) is 17.7. The highest BCUT2D eigenvalue weighted by Gasteiger charge is 2.30. The van der Waals surface area contributed by atoms with Crippen LogP contribution in [0.2, 0.25) is 0 Å². The third-order valence-corrected chi connectivity index (χ3v) is 7.36. The van der Waals surface area contributed by atoms with E-state index in [9.17, 15) is 13.2 Å². The molecule has 1 heterocycles. The molecule has 30 heavy (non-hydrogen) atoms. The summed E-state index contributed by atoms with van der Waals surface area (Å²) in [7, 11) is -1.71. The topological polar surface area (TPSA) is 69.7 Å². The molecule has 156 valence electrons. The number of rotatable bonds is 5. The van der Waals surface area contributed by atoms with Crippen LogP contribution in [0.4, 0.5) is 0 Å². The van der Waals surface area contributed by atoms with E-state index < -0.39 is 10.0 Å². The first-order chi connectivity index (χ1) is 14.5. The minimum absolute atomic E-state index is 0.0613. The number of carbonyl (C=O) groups is 1. The Morgan fingerprint density at radius 2 is 1.57 bits per heavy atom. The Morgan fingerprint density at radius 1 is 0.900 bits per heavy atom. The largest absolute Gasteiger partial charge is 0.336 e. The first-order valence-corrected chi connectivity index (χ1v) is 11.4. The van der Waals surface area contributed by atoms with Crippen molar-refractivity contribution in [3.63, 3.8) is 0 Å². The normalized spacial score (nSPS) is 15.4. The van der Waals surface area contributed by atoms with Crippen molar-refractivity contribution in [3.05, 3.63) is 77.9 Å². The summed E-state index contributed by atoms with van der Waals surface area (Å²) < 4.78 is 27.7. The molecule has 0 atom stereocenters. The fraction of sp³-hybridized carbons (Fsp3) is 0.261. The van der Waals surface area contributed by atoms with Gasteiger partial charge in [0.05, 0.1) is 4.90 Å². The van der Waals surface area contributed by atoms with Gasteiger partial charge in [0.1, 0.15) is 0 Å². The lowest BCUT2D eigenvalue weighted by molar-refractivity contribution is 0.0698. The zero-order chi connectivity index (χ0) is 21.1. The number of piperazine rings is 1. The van der Waals surface area contributed by atoms with Crippen molar-refractivity contribution in [1.82, 2.24) is 14.5 Å². The Bertz CT molecular complexity index is 1150. The van der Waals surface area contributed by atoms with Crippen molar-refractivity contribution in [2.24, 2.45) is 0 Å². The van der Waals surface area contributed by atoms with Crippen LogP contribution in [-0.2, 0) is 16.6 Å². The van der Waals surface area contributed by atoms with E-state index in [1.807, 2.05) is 61.6 Å². The number of sulfonamides is 1. The fourth-order valence-electron chi connectivity index (χ4n) is 3.76. The Balaban J connectivity index is 1.44. The van der Waals surface area contributed by atoms with E-state index in [4.69, 9.17) is 0 Å². The molecule has 0 saturated carbocycles. The molecule has 1 aliphatic heterocycles. The SMILES string of the molecule is CNCc1ccc(C(=O)N2CCN(S(=O)(=O)c3ccc4ccccc4c3)CC2)cc1. The van der Waals surface area contributed by atoms with Crippen LogP contribution in [0.15, 0.2) is 71.6 Å². The third kappa shape index (κ3) is 4.09. The fourth-order valence-corrected chi connectivity index (χ4v) is 5.22. The maximum Gasteiger partial charge on any atom is 0.253 e. The van der Waals surface area contributed by atoms with E-state index in [2.05, 4.69) is 5.32 Å². The van der Waals surface area contributed by atoms with Gasteiger partial charge in [-0.15, -0.1) is 0 Å². The monoisotopic (exact) mass is 423 g/mol. The lowest BCUT2D eigenvalue weighted by Crippen LogP contribution is -2.50. The summed E-state index contributed by atoms with van der Waals surface area (Å²) in [5, 5.41) is 4.98. The molecule has 1 fully saturated rings. The standard InChI is InChI=1S/C23H25N3O3S/c1-24-17-18-6-8-20(9-7-18)23(27)25-12-14-26(15-13-25)30(28,29)22-11-10-19-4-2-3-5-21(19)16-22/h2-11,16,24H,12-15,17H2,1H3. The molecule has 6 nitrogen and oxygen atoms in total. The van der Waals surface area contributed by atoms with E-state index in [0.29, 0.717) is 36.6 Å². The maximum absolute atomic E-state index is 13.1. The van der Waals surface area contributed by atoms with Crippen molar-refractivity contribution < 1.29 is 13.2 Å². The Kier molecular flexibility index (Phi) is 5.85. The molecule has 0 unspecified atom stereocenters. The van der Waals surface area contributed by atoms with Gasteiger partial charge >= 0.3 is 0 Å². The third-order valence-electron chi connectivity index (χ3n) is 5.47. The number of nitrogens with zero attached hydrogens (tertiary/aromatic N) is 2. The number of amides is 1. The van der Waals surface area contributed by atoms with Gasteiger partial charge in [-0.1, -0.05) is 42.5 Å². The molecule has 0 aliphatic carbocycles. The average Bonchev–Trinajstić information content (AvgIpc) is 2.79. The number of carbonyl (C=O) groups excluding carboxylic acids is 1. The van der Waals surface area contributed by atoms with Gasteiger partial charge in [-0.25, -0.2) is 8.42 Å². The summed E-state index contributed by atoms with van der Waals surface area (Å²) in [4.78, 5) is 14.8. The van der Waals surface area contributed by atoms with E-state index in [1.165, 1.54) is 4.31 Å². The molecular formula is C23H25N3O3S. The predicted octanol–water partition coefficient (Wildman–Crippen LogP) is 2.71. The summed E-state index contributed by atoms with van der Waals surface area (Å²) >= 11 is 0. The number of hydrogen-bond donors (Lipinski definition) is 1. The quantitative estimate of drug-likeness (QED) is 0.685. The van der Waals surface area contributed by atoms with Gasteiger partial charge < -0.3 is 10.2 Å². The molecule has 0 radical (unpaired) electrons. The van der Waals surface area contributed by atoms with Crippen LogP contribution in [0, 0.1) is 0 Å². The Morgan fingerprint density at radius 3 is 2.23 bits per heavy atom. The molecule has 3 aromatic carbocycles. The second-order valence-electron chi connectivity index (χ2n) is 7.43. The minimum atomic E-state index is -3.59. The van der Waals surface area contributed by atoms with Crippen LogP contribution >= 0.6 is 0 Å². The molecule has 1 saturated heterocycles. The molecule has 0 spiro atoms. The number of fused-ring (bicyclic) bond motifs is 1. The maximum atomic E-state index is 13.1. The highest BCUT2D eigenvalue weighted by Crippen LogP contribution is 2.23. The second kappa shape index (κ2) is 8.55. The zero-order valence-electron chi connectivity index (χ0n) is 16.9. The van der Waals surface area contributed by atoms with Gasteiger partial charge in [-0.2, -0.15) is 4.31 Å². The first kappa shape index (κ1) is 20.5. The average molecular weight is 424 g/mol. The van der Waals surface area contributed by atoms with E-state index in [-0.39, 0.29) is 5.91 Å². The number of nitrogens with one attached hydrogen (secondary N) is 1. The molecule has 1 N–H and O–H groups in total. The summed E-state index contributed by atoms with van der Waals surface area (Å²) in [6.07, 6.45) is 0. The molecule has 3 aromatic rings. The minimum Gasteiger partial charge on any atom is -0.336 e. The summed E-state index contributed by atoms with van der Waals surface area (Å²) in [6.45, 7) is 2.09. The Labute approximate surface area is 177 Å². The molecular weight excluding hydrogens is 398 g/mol. The smallest absolute Gasteiger partial charge is 0.253 e. The van der Waals surface area contributed by atoms with E-state index >= 15 is 0 Å². The highest BCUT2D eigenvalue weighted by molar-refractivity contribution is 7.89. The van der Waals surface area contributed by atoms with Crippen LogP contribution in [0.25, 0.3) is 10.8 Å². The van der Waals surface area contributed by atoms with Gasteiger partial charge in [0.2, 0.25) is 10.0 Å². The number of hydrogen-bond acceptors (Lipinski definition) is 4. The van der Waals surface area contributed by atoms with Crippen molar-refractivity contribution in [3.8, 4) is 0 Å². The van der Waals surface area contributed by atoms with Crippen LogP contribution in [0.3, 0.4) is 0 Å². The lowest BCUT2D eigenvalue weighted by atomic mass is 10.1. The number of benzene rings is 3. The van der Waals surface area contributed by atoms with Crippen molar-refractivity contribution >= 4 is 26.7 Å². The molecule has 1 aliphatic rings. The van der Waals surface area contributed by atoms with Crippen LogP contribution in [0.1, 0.15) is 15.9 Å². The van der Waals surface area contributed by atoms with Gasteiger partial charge in [-0.05, 0) is 47.6 Å². The van der Waals surface area contributed by atoms with Crippen molar-refractivity contribution in [1.29, 1.82) is 0 Å². The van der Waals surface area contributed by atoms with Gasteiger partial charge in [0.25, 0.3) is 5.91 Å². The molecule has 4 rings (SSSR count). The summed E-state index contributed by atoms with van der Waals surface area (Å²) in [6, 6.07) is 20.4. The highest BCUT2D eigenvalue weighted by atomic mass is 32.2. The molecule has 0 aromatic heterocycles. The van der Waals surface area contributed by atoms with Crippen molar-refractivity contribution in [2.45, 2.75) is 11.4 Å². The van der Waals surface area contributed by atoms with Gasteiger partial charge in [-0.3, -0.25) is 4.79 Å². The Hall–Kier alpha value is -2.74.